The molecular weight excluding hydrogens is 679 g/mol. The summed E-state index contributed by atoms with van der Waals surface area (Å²) in [6.45, 7) is 9.72. The first kappa shape index (κ1) is 32.1. The van der Waals surface area contributed by atoms with E-state index in [-0.39, 0.29) is 16.2 Å². The molecule has 0 amide bonds. The van der Waals surface area contributed by atoms with Crippen LogP contribution in [0.3, 0.4) is 0 Å². The molecule has 6 unspecified atom stereocenters. The summed E-state index contributed by atoms with van der Waals surface area (Å²) in [4.78, 5) is 2.47. The summed E-state index contributed by atoms with van der Waals surface area (Å²) in [7, 11) is 0. The fourth-order valence-electron chi connectivity index (χ4n) is 14.6. The zero-order valence-electron chi connectivity index (χ0n) is 33.0. The Balaban J connectivity index is 0.993. The zero-order chi connectivity index (χ0) is 37.3. The van der Waals surface area contributed by atoms with Crippen LogP contribution in [0.4, 0.5) is 17.1 Å². The van der Waals surface area contributed by atoms with Crippen LogP contribution in [-0.2, 0) is 16.2 Å². The number of para-hydroxylation sites is 2. The van der Waals surface area contributed by atoms with Crippen molar-refractivity contribution in [2.75, 3.05) is 4.90 Å². The van der Waals surface area contributed by atoms with Gasteiger partial charge in [-0.2, -0.15) is 0 Å². The molecular formula is C54H49NO. The molecule has 7 aromatic rings. The molecule has 6 aliphatic rings. The second kappa shape index (κ2) is 10.5. The van der Waals surface area contributed by atoms with Crippen LogP contribution in [0.25, 0.3) is 44.2 Å². The van der Waals surface area contributed by atoms with Crippen LogP contribution < -0.4 is 4.90 Å². The summed E-state index contributed by atoms with van der Waals surface area (Å²) < 4.78 is 6.77. The Labute approximate surface area is 330 Å². The predicted molar refractivity (Wildman–Crippen MR) is 230 cm³/mol. The van der Waals surface area contributed by atoms with E-state index in [1.54, 1.807) is 11.1 Å². The van der Waals surface area contributed by atoms with Crippen LogP contribution in [0, 0.1) is 29.1 Å². The van der Waals surface area contributed by atoms with Crippen LogP contribution in [0.15, 0.2) is 132 Å². The zero-order valence-corrected chi connectivity index (χ0v) is 33.0. The smallest absolute Gasteiger partial charge is 0.159 e. The molecule has 6 aliphatic carbocycles. The SMILES string of the molecule is CC1(C)CCC(C)(C)c2c(-c3ccc(N(c4ccc5c(c4)-c4ccccc4C54C5CC6CC7CC4C75C6)c4cccc5c4oc4ccccc45)cc3)cccc21. The number of hydrogen-bond donors (Lipinski definition) is 0. The van der Waals surface area contributed by atoms with E-state index in [1.807, 2.05) is 0 Å². The average molecular weight is 728 g/mol. The van der Waals surface area contributed by atoms with Crippen molar-refractivity contribution in [3.05, 3.63) is 150 Å². The molecule has 56 heavy (non-hydrogen) atoms. The lowest BCUT2D eigenvalue weighted by molar-refractivity contribution is -0.231. The monoisotopic (exact) mass is 727 g/mol. The Morgan fingerprint density at radius 2 is 1.27 bits per heavy atom. The van der Waals surface area contributed by atoms with Crippen molar-refractivity contribution in [2.24, 2.45) is 29.1 Å². The molecule has 276 valence electrons. The Kier molecular flexibility index (Phi) is 5.98. The third-order valence-electron chi connectivity index (χ3n) is 16.8. The maximum absolute atomic E-state index is 6.77. The van der Waals surface area contributed by atoms with Gasteiger partial charge < -0.3 is 9.32 Å². The molecule has 0 radical (unpaired) electrons. The number of fused-ring (bicyclic) bond motifs is 12. The van der Waals surface area contributed by atoms with Gasteiger partial charge in [-0.25, -0.2) is 0 Å². The van der Waals surface area contributed by atoms with Crippen molar-refractivity contribution in [1.82, 2.24) is 0 Å². The highest BCUT2D eigenvalue weighted by Gasteiger charge is 2.84. The minimum Gasteiger partial charge on any atom is -0.454 e. The van der Waals surface area contributed by atoms with Gasteiger partial charge in [-0.05, 0) is 159 Å². The largest absolute Gasteiger partial charge is 0.454 e. The van der Waals surface area contributed by atoms with Crippen LogP contribution in [0.1, 0.15) is 88.5 Å². The molecule has 4 fully saturated rings. The van der Waals surface area contributed by atoms with Gasteiger partial charge in [0.05, 0.1) is 5.69 Å². The topological polar surface area (TPSA) is 16.4 Å². The lowest BCUT2D eigenvalue weighted by atomic mass is 9.27. The highest BCUT2D eigenvalue weighted by molar-refractivity contribution is 6.10. The molecule has 0 N–H and O–H groups in total. The number of hydrogen-bond acceptors (Lipinski definition) is 2. The number of rotatable bonds is 4. The molecule has 2 heteroatoms. The predicted octanol–water partition coefficient (Wildman–Crippen LogP) is 14.4. The maximum Gasteiger partial charge on any atom is 0.159 e. The molecule has 2 bridgehead atoms. The van der Waals surface area contributed by atoms with Gasteiger partial charge in [0.15, 0.2) is 5.58 Å². The first-order chi connectivity index (χ1) is 27.2. The number of nitrogens with zero attached hydrogens (tertiary/aromatic N) is 1. The molecule has 2 spiro atoms. The Morgan fingerprint density at radius 1 is 0.571 bits per heavy atom. The van der Waals surface area contributed by atoms with Crippen LogP contribution in [0.5, 0.6) is 0 Å². The van der Waals surface area contributed by atoms with Gasteiger partial charge >= 0.3 is 0 Å². The fraction of sp³-hybridized carbons (Fsp3) is 0.333. The lowest BCUT2D eigenvalue weighted by Gasteiger charge is -2.76. The van der Waals surface area contributed by atoms with Crippen molar-refractivity contribution >= 4 is 39.0 Å². The van der Waals surface area contributed by atoms with Gasteiger partial charge in [0.25, 0.3) is 0 Å². The third kappa shape index (κ3) is 3.71. The summed E-state index contributed by atoms with van der Waals surface area (Å²) in [5, 5.41) is 2.31. The molecule has 6 atom stereocenters. The van der Waals surface area contributed by atoms with Gasteiger partial charge in [-0.15, -0.1) is 0 Å². The van der Waals surface area contributed by atoms with Crippen LogP contribution >= 0.6 is 0 Å². The summed E-state index contributed by atoms with van der Waals surface area (Å²) in [6, 6.07) is 48.6. The van der Waals surface area contributed by atoms with E-state index in [4.69, 9.17) is 4.42 Å². The van der Waals surface area contributed by atoms with Crippen molar-refractivity contribution < 1.29 is 4.42 Å². The van der Waals surface area contributed by atoms with E-state index in [2.05, 4.69) is 160 Å². The molecule has 1 aromatic heterocycles. The number of benzene rings is 6. The second-order valence-corrected chi connectivity index (χ2v) is 20.0. The summed E-state index contributed by atoms with van der Waals surface area (Å²) in [5.74, 6) is 3.54. The minimum absolute atomic E-state index is 0.125. The van der Waals surface area contributed by atoms with Crippen LogP contribution in [-0.4, -0.2) is 0 Å². The lowest BCUT2D eigenvalue weighted by Crippen LogP contribution is -2.73. The molecule has 2 nitrogen and oxygen atoms in total. The number of furan rings is 1. The van der Waals surface area contributed by atoms with Crippen molar-refractivity contribution in [3.63, 3.8) is 0 Å². The number of anilines is 3. The van der Waals surface area contributed by atoms with E-state index in [1.165, 1.54) is 77.6 Å². The Bertz CT molecular complexity index is 2820. The standard InChI is InChI=1S/C54H49NO/c1-51(2)25-26-52(3,4)49-37(13-9-16-44(49)51)33-19-21-35(22-20-33)55(45-17-10-14-40-39-12-6-8-18-46(39)56-50(40)45)36-23-24-43-41(30-36)38-11-5-7-15-42(38)54(43)47-28-32-27-34-29-48(54)53(34,47)31-32/h5-24,30,32,34,47-48H,25-29,31H2,1-4H3. The van der Waals surface area contributed by atoms with E-state index in [9.17, 15) is 0 Å². The fourth-order valence-corrected chi connectivity index (χ4v) is 14.6. The van der Waals surface area contributed by atoms with Crippen molar-refractivity contribution in [2.45, 2.75) is 82.5 Å². The normalized spacial score (nSPS) is 29.1. The van der Waals surface area contributed by atoms with E-state index in [0.717, 1.165) is 57.0 Å². The van der Waals surface area contributed by atoms with Gasteiger partial charge in [-0.1, -0.05) is 119 Å². The van der Waals surface area contributed by atoms with Crippen LogP contribution in [0.2, 0.25) is 0 Å². The van der Waals surface area contributed by atoms with Gasteiger partial charge in [-0.3, -0.25) is 0 Å². The summed E-state index contributed by atoms with van der Waals surface area (Å²) in [6.07, 6.45) is 8.26. The first-order valence-electron chi connectivity index (χ1n) is 21.4. The molecule has 1 heterocycles. The Hall–Kier alpha value is -5.08. The highest BCUT2D eigenvalue weighted by atomic mass is 16.3. The second-order valence-electron chi connectivity index (χ2n) is 20.0. The first-order valence-corrected chi connectivity index (χ1v) is 21.4. The highest BCUT2D eigenvalue weighted by Crippen LogP contribution is 2.89. The molecule has 0 aliphatic heterocycles. The van der Waals surface area contributed by atoms with Crippen molar-refractivity contribution in [3.8, 4) is 22.3 Å². The van der Waals surface area contributed by atoms with E-state index < -0.39 is 0 Å². The molecule has 4 saturated carbocycles. The summed E-state index contributed by atoms with van der Waals surface area (Å²) >= 11 is 0. The molecule has 0 saturated heterocycles. The van der Waals surface area contributed by atoms with Crippen molar-refractivity contribution in [1.29, 1.82) is 0 Å². The van der Waals surface area contributed by atoms with Gasteiger partial charge in [0.2, 0.25) is 0 Å². The van der Waals surface area contributed by atoms with Gasteiger partial charge in [0.1, 0.15) is 5.58 Å². The quantitative estimate of drug-likeness (QED) is 0.179. The van der Waals surface area contributed by atoms with Gasteiger partial charge in [0, 0.05) is 27.6 Å². The molecule has 6 aromatic carbocycles. The third-order valence-corrected chi connectivity index (χ3v) is 16.8. The Morgan fingerprint density at radius 3 is 2.14 bits per heavy atom. The summed E-state index contributed by atoms with van der Waals surface area (Å²) in [5.41, 5.74) is 18.2. The molecule has 13 rings (SSSR count). The van der Waals surface area contributed by atoms with E-state index in [0.29, 0.717) is 5.41 Å². The van der Waals surface area contributed by atoms with E-state index >= 15 is 0 Å². The minimum atomic E-state index is 0.125. The maximum atomic E-state index is 6.77. The average Bonchev–Trinajstić information content (AvgIpc) is 3.95.